The van der Waals surface area contributed by atoms with Crippen molar-refractivity contribution in [3.63, 3.8) is 0 Å². The molecule has 0 radical (unpaired) electrons. The lowest BCUT2D eigenvalue weighted by Gasteiger charge is -2.26. The summed E-state index contributed by atoms with van der Waals surface area (Å²) in [5.41, 5.74) is 5.28. The molecule has 1 aliphatic rings. The van der Waals surface area contributed by atoms with Crippen molar-refractivity contribution in [2.24, 2.45) is 5.73 Å². The molecule has 88 valence electrons. The first kappa shape index (κ1) is 12.5. The van der Waals surface area contributed by atoms with E-state index in [9.17, 15) is 4.79 Å². The number of nitrogens with two attached hydrogens (primary N) is 1. The summed E-state index contributed by atoms with van der Waals surface area (Å²) in [5.74, 6) is -0.377. The van der Waals surface area contributed by atoms with E-state index in [2.05, 4.69) is 6.92 Å². The van der Waals surface area contributed by atoms with Crippen molar-refractivity contribution in [3.8, 4) is 0 Å². The number of rotatable bonds is 6. The fourth-order valence-electron chi connectivity index (χ4n) is 1.67. The minimum absolute atomic E-state index is 0.229. The van der Waals surface area contributed by atoms with Crippen LogP contribution in [0.1, 0.15) is 45.4 Å². The first-order chi connectivity index (χ1) is 7.24. The molecular weight excluding hydrogens is 194 g/mol. The second kappa shape index (κ2) is 6.80. The van der Waals surface area contributed by atoms with Gasteiger partial charge < -0.3 is 15.2 Å². The predicted molar refractivity (Wildman–Crippen MR) is 57.2 cm³/mol. The standard InChI is InChI=1S/C11H21NO3/c1-2-3-6-9(11(12)13)15-10-7-4-5-8-14-10/h9-10H,2-8H2,1H3,(H2,12,13). The number of amides is 1. The number of ether oxygens (including phenoxy) is 2. The Balaban J connectivity index is 2.31. The molecule has 1 aliphatic heterocycles. The van der Waals surface area contributed by atoms with E-state index < -0.39 is 6.10 Å². The van der Waals surface area contributed by atoms with E-state index in [0.717, 1.165) is 38.7 Å². The molecule has 1 heterocycles. The average Bonchev–Trinajstić information content (AvgIpc) is 2.25. The van der Waals surface area contributed by atoms with Crippen molar-refractivity contribution in [1.82, 2.24) is 0 Å². The van der Waals surface area contributed by atoms with Crippen molar-refractivity contribution >= 4 is 5.91 Å². The second-order valence-corrected chi connectivity index (χ2v) is 3.97. The van der Waals surface area contributed by atoms with Crippen LogP contribution >= 0.6 is 0 Å². The summed E-state index contributed by atoms with van der Waals surface area (Å²) in [6.07, 6.45) is 5.04. The van der Waals surface area contributed by atoms with Crippen LogP contribution in [0.5, 0.6) is 0 Å². The monoisotopic (exact) mass is 215 g/mol. The summed E-state index contributed by atoms with van der Waals surface area (Å²) in [4.78, 5) is 11.1. The summed E-state index contributed by atoms with van der Waals surface area (Å²) in [6.45, 7) is 2.80. The molecule has 15 heavy (non-hydrogen) atoms. The molecule has 2 unspecified atom stereocenters. The van der Waals surface area contributed by atoms with E-state index in [1.165, 1.54) is 0 Å². The number of primary amides is 1. The van der Waals surface area contributed by atoms with E-state index in [1.807, 2.05) is 0 Å². The Morgan fingerprint density at radius 3 is 2.93 bits per heavy atom. The summed E-state index contributed by atoms with van der Waals surface area (Å²) >= 11 is 0. The van der Waals surface area contributed by atoms with E-state index in [4.69, 9.17) is 15.2 Å². The van der Waals surface area contributed by atoms with Crippen LogP contribution in [0, 0.1) is 0 Å². The highest BCUT2D eigenvalue weighted by Gasteiger charge is 2.22. The summed E-state index contributed by atoms with van der Waals surface area (Å²) < 4.78 is 11.0. The van der Waals surface area contributed by atoms with Crippen LogP contribution in [0.15, 0.2) is 0 Å². The van der Waals surface area contributed by atoms with Crippen LogP contribution in [-0.4, -0.2) is 24.9 Å². The SMILES string of the molecule is CCCCC(OC1CCCCO1)C(N)=O. The molecule has 0 aromatic rings. The van der Waals surface area contributed by atoms with Crippen molar-refractivity contribution in [2.45, 2.75) is 57.8 Å². The van der Waals surface area contributed by atoms with Gasteiger partial charge in [-0.1, -0.05) is 19.8 Å². The highest BCUT2D eigenvalue weighted by atomic mass is 16.7. The maximum absolute atomic E-state index is 11.1. The van der Waals surface area contributed by atoms with Gasteiger partial charge in [0.05, 0.1) is 0 Å². The Morgan fingerprint density at radius 2 is 2.40 bits per heavy atom. The fourth-order valence-corrected chi connectivity index (χ4v) is 1.67. The lowest BCUT2D eigenvalue weighted by molar-refractivity contribution is -0.192. The van der Waals surface area contributed by atoms with Crippen LogP contribution in [0.2, 0.25) is 0 Å². The van der Waals surface area contributed by atoms with Crippen LogP contribution in [0.25, 0.3) is 0 Å². The smallest absolute Gasteiger partial charge is 0.246 e. The van der Waals surface area contributed by atoms with Gasteiger partial charge in [-0.05, 0) is 25.7 Å². The number of hydrogen-bond donors (Lipinski definition) is 1. The second-order valence-electron chi connectivity index (χ2n) is 3.97. The minimum atomic E-state index is -0.479. The number of carbonyl (C=O) groups excluding carboxylic acids is 1. The molecule has 1 rings (SSSR count). The third-order valence-corrected chi connectivity index (χ3v) is 2.59. The zero-order chi connectivity index (χ0) is 11.1. The number of carbonyl (C=O) groups is 1. The third kappa shape index (κ3) is 4.62. The average molecular weight is 215 g/mol. The van der Waals surface area contributed by atoms with Crippen molar-refractivity contribution < 1.29 is 14.3 Å². The van der Waals surface area contributed by atoms with Gasteiger partial charge in [0.1, 0.15) is 6.10 Å². The highest BCUT2D eigenvalue weighted by molar-refractivity contribution is 5.78. The molecule has 1 amide bonds. The van der Waals surface area contributed by atoms with Gasteiger partial charge in [-0.3, -0.25) is 4.79 Å². The van der Waals surface area contributed by atoms with E-state index in [0.29, 0.717) is 6.42 Å². The van der Waals surface area contributed by atoms with Crippen LogP contribution in [0.4, 0.5) is 0 Å². The van der Waals surface area contributed by atoms with E-state index >= 15 is 0 Å². The summed E-state index contributed by atoms with van der Waals surface area (Å²) in [6, 6.07) is 0. The van der Waals surface area contributed by atoms with Gasteiger partial charge >= 0.3 is 0 Å². The van der Waals surface area contributed by atoms with E-state index in [1.54, 1.807) is 0 Å². The lowest BCUT2D eigenvalue weighted by Crippen LogP contribution is -2.36. The topological polar surface area (TPSA) is 61.6 Å². The normalized spacial score (nSPS) is 23.7. The zero-order valence-electron chi connectivity index (χ0n) is 9.41. The molecular formula is C11H21NO3. The molecule has 2 N–H and O–H groups in total. The molecule has 1 saturated heterocycles. The molecule has 2 atom stereocenters. The van der Waals surface area contributed by atoms with Crippen molar-refractivity contribution in [1.29, 1.82) is 0 Å². The molecule has 1 fully saturated rings. The lowest BCUT2D eigenvalue weighted by atomic mass is 10.1. The van der Waals surface area contributed by atoms with E-state index in [-0.39, 0.29) is 12.2 Å². The molecule has 0 aliphatic carbocycles. The van der Waals surface area contributed by atoms with Gasteiger partial charge in [-0.25, -0.2) is 0 Å². The largest absolute Gasteiger partial charge is 0.367 e. The third-order valence-electron chi connectivity index (χ3n) is 2.59. The Kier molecular flexibility index (Phi) is 5.65. The number of unbranched alkanes of at least 4 members (excludes halogenated alkanes) is 1. The molecule has 0 aromatic carbocycles. The zero-order valence-corrected chi connectivity index (χ0v) is 9.41. The first-order valence-electron chi connectivity index (χ1n) is 5.80. The maximum Gasteiger partial charge on any atom is 0.246 e. The Morgan fingerprint density at radius 1 is 1.60 bits per heavy atom. The first-order valence-corrected chi connectivity index (χ1v) is 5.80. The molecule has 4 nitrogen and oxygen atoms in total. The van der Waals surface area contributed by atoms with Gasteiger partial charge in [0.2, 0.25) is 5.91 Å². The molecule has 0 aromatic heterocycles. The Bertz CT molecular complexity index is 190. The molecule has 0 bridgehead atoms. The van der Waals surface area contributed by atoms with Crippen molar-refractivity contribution in [3.05, 3.63) is 0 Å². The van der Waals surface area contributed by atoms with Crippen LogP contribution in [0.3, 0.4) is 0 Å². The van der Waals surface area contributed by atoms with Crippen LogP contribution < -0.4 is 5.73 Å². The summed E-state index contributed by atoms with van der Waals surface area (Å²) in [5, 5.41) is 0. The quantitative estimate of drug-likeness (QED) is 0.731. The van der Waals surface area contributed by atoms with Gasteiger partial charge in [-0.2, -0.15) is 0 Å². The molecule has 0 spiro atoms. The fraction of sp³-hybridized carbons (Fsp3) is 0.909. The van der Waals surface area contributed by atoms with Crippen LogP contribution in [-0.2, 0) is 14.3 Å². The predicted octanol–water partition coefficient (Wildman–Crippen LogP) is 1.57. The van der Waals surface area contributed by atoms with Crippen molar-refractivity contribution in [2.75, 3.05) is 6.61 Å². The summed E-state index contributed by atoms with van der Waals surface area (Å²) in [7, 11) is 0. The highest BCUT2D eigenvalue weighted by Crippen LogP contribution is 2.17. The Hall–Kier alpha value is -0.610. The maximum atomic E-state index is 11.1. The van der Waals surface area contributed by atoms with Gasteiger partial charge in [0.15, 0.2) is 6.29 Å². The molecule has 4 heteroatoms. The van der Waals surface area contributed by atoms with Gasteiger partial charge in [0.25, 0.3) is 0 Å². The molecule has 0 saturated carbocycles. The number of hydrogen-bond acceptors (Lipinski definition) is 3. The van der Waals surface area contributed by atoms with Gasteiger partial charge in [0, 0.05) is 6.61 Å². The minimum Gasteiger partial charge on any atom is -0.367 e. The Labute approximate surface area is 91.1 Å². The van der Waals surface area contributed by atoms with Gasteiger partial charge in [-0.15, -0.1) is 0 Å².